The summed E-state index contributed by atoms with van der Waals surface area (Å²) in [5.74, 6) is -1.68. The maximum atomic E-state index is 11.8. The number of nitrogens with one attached hydrogen (secondary N) is 2. The van der Waals surface area contributed by atoms with E-state index < -0.39 is 17.6 Å². The maximum Gasteiger partial charge on any atom is 0.309 e. The molecular formula is C15H24N2O5. The summed E-state index contributed by atoms with van der Waals surface area (Å²) >= 11 is 0. The molecule has 2 atom stereocenters. The fraction of sp³-hybridized carbons (Fsp3) is 0.867. The first-order valence-corrected chi connectivity index (χ1v) is 8.16. The van der Waals surface area contributed by atoms with E-state index in [1.54, 1.807) is 0 Å². The third kappa shape index (κ3) is 3.77. The summed E-state index contributed by atoms with van der Waals surface area (Å²) in [5, 5.41) is 5.21. The SMILES string of the molecule is O=C(NCC1CCCO1)C(=O)NCC1COC2(CCCC2)O1. The molecule has 0 aromatic rings. The lowest BCUT2D eigenvalue weighted by molar-refractivity contribution is -0.161. The van der Waals surface area contributed by atoms with E-state index in [1.807, 2.05) is 0 Å². The number of carbonyl (C=O) groups excluding carboxylic acids is 2. The lowest BCUT2D eigenvalue weighted by Crippen LogP contribution is -2.45. The second-order valence-corrected chi connectivity index (χ2v) is 6.22. The van der Waals surface area contributed by atoms with Gasteiger partial charge in [-0.3, -0.25) is 9.59 Å². The van der Waals surface area contributed by atoms with Crippen LogP contribution in [0.5, 0.6) is 0 Å². The first kappa shape index (κ1) is 15.7. The molecule has 7 nitrogen and oxygen atoms in total. The second-order valence-electron chi connectivity index (χ2n) is 6.22. The minimum Gasteiger partial charge on any atom is -0.376 e. The van der Waals surface area contributed by atoms with E-state index in [-0.39, 0.29) is 12.2 Å². The van der Waals surface area contributed by atoms with E-state index in [2.05, 4.69) is 10.6 Å². The molecule has 3 aliphatic rings. The van der Waals surface area contributed by atoms with Gasteiger partial charge < -0.3 is 24.8 Å². The van der Waals surface area contributed by atoms with Crippen LogP contribution in [0.2, 0.25) is 0 Å². The molecule has 2 heterocycles. The Morgan fingerprint density at radius 3 is 2.32 bits per heavy atom. The second kappa shape index (κ2) is 6.93. The van der Waals surface area contributed by atoms with Gasteiger partial charge in [0.05, 0.1) is 12.7 Å². The molecular weight excluding hydrogens is 288 g/mol. The normalized spacial score (nSPS) is 29.8. The lowest BCUT2D eigenvalue weighted by Gasteiger charge is -2.21. The first-order chi connectivity index (χ1) is 10.7. The van der Waals surface area contributed by atoms with Crippen LogP contribution in [0.15, 0.2) is 0 Å². The van der Waals surface area contributed by atoms with Gasteiger partial charge in [-0.05, 0) is 25.7 Å². The largest absolute Gasteiger partial charge is 0.376 e. The minimum absolute atomic E-state index is 0.0329. The molecule has 3 rings (SSSR count). The predicted molar refractivity (Wildman–Crippen MR) is 77.0 cm³/mol. The molecule has 1 saturated carbocycles. The molecule has 0 radical (unpaired) electrons. The van der Waals surface area contributed by atoms with Crippen LogP contribution in [0.1, 0.15) is 38.5 Å². The molecule has 7 heteroatoms. The van der Waals surface area contributed by atoms with Gasteiger partial charge >= 0.3 is 11.8 Å². The summed E-state index contributed by atoms with van der Waals surface area (Å²) in [6.45, 7) is 1.89. The van der Waals surface area contributed by atoms with Crippen molar-refractivity contribution < 1.29 is 23.8 Å². The standard InChI is InChI=1S/C15H24N2O5/c18-13(16-8-11-4-3-7-20-11)14(19)17-9-12-10-21-15(22-12)5-1-2-6-15/h11-12H,1-10H2,(H,16,18)(H,17,19). The van der Waals surface area contributed by atoms with E-state index in [9.17, 15) is 9.59 Å². The number of amides is 2. The third-order valence-electron chi connectivity index (χ3n) is 4.49. The van der Waals surface area contributed by atoms with Gasteiger partial charge in [0.1, 0.15) is 6.10 Å². The van der Waals surface area contributed by atoms with Crippen molar-refractivity contribution in [3.8, 4) is 0 Å². The zero-order valence-electron chi connectivity index (χ0n) is 12.8. The van der Waals surface area contributed by atoms with Gasteiger partial charge in [0.15, 0.2) is 5.79 Å². The summed E-state index contributed by atoms with van der Waals surface area (Å²) < 4.78 is 17.0. The Kier molecular flexibility index (Phi) is 4.95. The summed E-state index contributed by atoms with van der Waals surface area (Å²) in [5.41, 5.74) is 0. The van der Waals surface area contributed by atoms with E-state index in [4.69, 9.17) is 14.2 Å². The van der Waals surface area contributed by atoms with Crippen LogP contribution < -0.4 is 10.6 Å². The lowest BCUT2D eigenvalue weighted by atomic mass is 10.2. The van der Waals surface area contributed by atoms with Crippen molar-refractivity contribution in [3.63, 3.8) is 0 Å². The zero-order valence-corrected chi connectivity index (χ0v) is 12.8. The Labute approximate surface area is 130 Å². The monoisotopic (exact) mass is 312 g/mol. The Hall–Kier alpha value is -1.18. The third-order valence-corrected chi connectivity index (χ3v) is 4.49. The number of hydrogen-bond donors (Lipinski definition) is 2. The highest BCUT2D eigenvalue weighted by Gasteiger charge is 2.43. The van der Waals surface area contributed by atoms with Crippen LogP contribution in [0, 0.1) is 0 Å². The van der Waals surface area contributed by atoms with Gasteiger partial charge in [0.25, 0.3) is 0 Å². The molecule has 0 bridgehead atoms. The molecule has 0 aromatic carbocycles. The van der Waals surface area contributed by atoms with Crippen LogP contribution in [0.25, 0.3) is 0 Å². The van der Waals surface area contributed by atoms with Gasteiger partial charge in [-0.1, -0.05) is 0 Å². The van der Waals surface area contributed by atoms with Crippen molar-refractivity contribution in [2.75, 3.05) is 26.3 Å². The molecule has 0 aromatic heterocycles. The van der Waals surface area contributed by atoms with Gasteiger partial charge in [-0.2, -0.15) is 0 Å². The van der Waals surface area contributed by atoms with Gasteiger partial charge in [-0.15, -0.1) is 0 Å². The summed E-state index contributed by atoms with van der Waals surface area (Å²) in [7, 11) is 0. The van der Waals surface area contributed by atoms with E-state index in [0.717, 1.165) is 45.1 Å². The van der Waals surface area contributed by atoms with Crippen molar-refractivity contribution >= 4 is 11.8 Å². The van der Waals surface area contributed by atoms with Crippen LogP contribution in [-0.4, -0.2) is 56.1 Å². The number of rotatable bonds is 4. The average Bonchev–Trinajstić information content (AvgIpc) is 3.26. The van der Waals surface area contributed by atoms with E-state index >= 15 is 0 Å². The highest BCUT2D eigenvalue weighted by molar-refractivity contribution is 6.35. The van der Waals surface area contributed by atoms with Gasteiger partial charge in [0, 0.05) is 32.5 Å². The van der Waals surface area contributed by atoms with Crippen LogP contribution in [-0.2, 0) is 23.8 Å². The summed E-state index contributed by atoms with van der Waals surface area (Å²) in [6.07, 6.45) is 5.86. The van der Waals surface area contributed by atoms with Crippen molar-refractivity contribution in [2.24, 2.45) is 0 Å². The number of hydrogen-bond acceptors (Lipinski definition) is 5. The molecule has 3 fully saturated rings. The van der Waals surface area contributed by atoms with Crippen molar-refractivity contribution in [1.82, 2.24) is 10.6 Å². The molecule has 2 N–H and O–H groups in total. The quantitative estimate of drug-likeness (QED) is 0.718. The first-order valence-electron chi connectivity index (χ1n) is 8.16. The fourth-order valence-electron chi connectivity index (χ4n) is 3.27. The molecule has 124 valence electrons. The minimum atomic E-state index is -0.631. The van der Waals surface area contributed by atoms with Gasteiger partial charge in [0.2, 0.25) is 0 Å². The average molecular weight is 312 g/mol. The van der Waals surface area contributed by atoms with E-state index in [0.29, 0.717) is 19.7 Å². The highest BCUT2D eigenvalue weighted by atomic mass is 16.7. The molecule has 2 saturated heterocycles. The number of ether oxygens (including phenoxy) is 3. The fourth-order valence-corrected chi connectivity index (χ4v) is 3.27. The molecule has 2 aliphatic heterocycles. The Morgan fingerprint density at radius 2 is 1.68 bits per heavy atom. The molecule has 2 amide bonds. The summed E-state index contributed by atoms with van der Waals surface area (Å²) in [6, 6.07) is 0. The highest BCUT2D eigenvalue weighted by Crippen LogP contribution is 2.38. The van der Waals surface area contributed by atoms with Crippen LogP contribution in [0.4, 0.5) is 0 Å². The van der Waals surface area contributed by atoms with Crippen molar-refractivity contribution in [2.45, 2.75) is 56.5 Å². The predicted octanol–water partition coefficient (Wildman–Crippen LogP) is 0.0835. The molecule has 2 unspecified atom stereocenters. The molecule has 22 heavy (non-hydrogen) atoms. The Morgan fingerprint density at radius 1 is 1.00 bits per heavy atom. The Bertz CT molecular complexity index is 416. The van der Waals surface area contributed by atoms with Crippen LogP contribution in [0.3, 0.4) is 0 Å². The maximum absolute atomic E-state index is 11.8. The molecule has 1 aliphatic carbocycles. The number of carbonyl (C=O) groups is 2. The van der Waals surface area contributed by atoms with Gasteiger partial charge in [-0.25, -0.2) is 0 Å². The van der Waals surface area contributed by atoms with E-state index in [1.165, 1.54) is 0 Å². The Balaban J connectivity index is 1.34. The van der Waals surface area contributed by atoms with Crippen LogP contribution >= 0.6 is 0 Å². The van der Waals surface area contributed by atoms with Crippen molar-refractivity contribution in [1.29, 1.82) is 0 Å². The van der Waals surface area contributed by atoms with Crippen molar-refractivity contribution in [3.05, 3.63) is 0 Å². The zero-order chi connectivity index (χ0) is 15.4. The molecule has 1 spiro atoms. The topological polar surface area (TPSA) is 85.9 Å². The smallest absolute Gasteiger partial charge is 0.309 e. The summed E-state index contributed by atoms with van der Waals surface area (Å²) in [4.78, 5) is 23.5.